The van der Waals surface area contributed by atoms with Gasteiger partial charge in [0.15, 0.2) is 0 Å². The lowest BCUT2D eigenvalue weighted by Gasteiger charge is -2.32. The maximum atomic E-state index is 13.2. The molecule has 2 atom stereocenters. The number of halogens is 1. The molecule has 0 bridgehead atoms. The van der Waals surface area contributed by atoms with Crippen LogP contribution in [0.1, 0.15) is 30.9 Å². The number of piperidine rings is 1. The molecule has 0 radical (unpaired) electrons. The van der Waals surface area contributed by atoms with Gasteiger partial charge in [0.2, 0.25) is 15.9 Å². The lowest BCUT2D eigenvalue weighted by molar-refractivity contribution is -0.141. The molecule has 0 spiro atoms. The van der Waals surface area contributed by atoms with E-state index in [0.717, 1.165) is 17.7 Å². The summed E-state index contributed by atoms with van der Waals surface area (Å²) in [5, 5.41) is 2.88. The van der Waals surface area contributed by atoms with Gasteiger partial charge in [-0.15, -0.1) is 0 Å². The molecule has 0 saturated carbocycles. The summed E-state index contributed by atoms with van der Waals surface area (Å²) in [6, 6.07) is 13.1. The number of methoxy groups -OCH3 is 1. The molecule has 1 saturated heterocycles. The molecule has 0 aliphatic carbocycles. The zero-order valence-corrected chi connectivity index (χ0v) is 18.0. The van der Waals surface area contributed by atoms with Gasteiger partial charge in [-0.3, -0.25) is 9.59 Å². The first kappa shape index (κ1) is 22.9. The Morgan fingerprint density at radius 3 is 2.48 bits per heavy atom. The van der Waals surface area contributed by atoms with Crippen molar-refractivity contribution >= 4 is 21.9 Å². The van der Waals surface area contributed by atoms with Crippen molar-refractivity contribution in [1.82, 2.24) is 9.62 Å². The monoisotopic (exact) mass is 448 g/mol. The first-order valence-corrected chi connectivity index (χ1v) is 11.4. The summed E-state index contributed by atoms with van der Waals surface area (Å²) >= 11 is 0. The molecule has 3 rings (SSSR count). The third kappa shape index (κ3) is 5.68. The van der Waals surface area contributed by atoms with Crippen LogP contribution >= 0.6 is 0 Å². The molecule has 1 heterocycles. The number of benzene rings is 2. The highest BCUT2D eigenvalue weighted by Crippen LogP contribution is 2.25. The Hall–Kier alpha value is -2.78. The lowest BCUT2D eigenvalue weighted by Crippen LogP contribution is -2.46. The van der Waals surface area contributed by atoms with Crippen molar-refractivity contribution in [2.45, 2.75) is 30.2 Å². The quantitative estimate of drug-likeness (QED) is 0.658. The summed E-state index contributed by atoms with van der Waals surface area (Å²) in [7, 11) is -2.55. The third-order valence-corrected chi connectivity index (χ3v) is 7.20. The minimum Gasteiger partial charge on any atom is -0.469 e. The molecule has 166 valence electrons. The predicted octanol–water partition coefficient (Wildman–Crippen LogP) is 2.65. The summed E-state index contributed by atoms with van der Waals surface area (Å²) in [6.07, 6.45) is 1.02. The maximum absolute atomic E-state index is 13.2. The summed E-state index contributed by atoms with van der Waals surface area (Å²) in [6.45, 7) is 0.305. The number of hydrogen-bond acceptors (Lipinski definition) is 5. The number of hydrogen-bond donors (Lipinski definition) is 1. The van der Waals surface area contributed by atoms with Gasteiger partial charge in [0.25, 0.3) is 0 Å². The van der Waals surface area contributed by atoms with Crippen molar-refractivity contribution in [3.05, 3.63) is 66.0 Å². The standard InChI is InChI=1S/C22H25FN2O5S/c1-30-21(26)14-20(16-6-3-2-4-7-16)24-22(27)17-8-5-13-25(15-17)31(28,29)19-11-9-18(23)10-12-19/h2-4,6-7,9-12,17,20H,5,8,13-15H2,1H3,(H,24,27). The second-order valence-corrected chi connectivity index (χ2v) is 9.35. The Bertz CT molecular complexity index is 1010. The van der Waals surface area contributed by atoms with Gasteiger partial charge in [-0.1, -0.05) is 30.3 Å². The number of esters is 1. The van der Waals surface area contributed by atoms with E-state index in [1.54, 1.807) is 12.1 Å². The van der Waals surface area contributed by atoms with Gasteiger partial charge < -0.3 is 10.1 Å². The van der Waals surface area contributed by atoms with Crippen molar-refractivity contribution in [2.24, 2.45) is 5.92 Å². The molecule has 2 unspecified atom stereocenters. The number of carbonyl (C=O) groups excluding carboxylic acids is 2. The number of sulfonamides is 1. The molecule has 1 amide bonds. The molecule has 1 fully saturated rings. The van der Waals surface area contributed by atoms with Crippen LogP contribution in [0.4, 0.5) is 4.39 Å². The van der Waals surface area contributed by atoms with Gasteiger partial charge in [0.05, 0.1) is 30.4 Å². The summed E-state index contributed by atoms with van der Waals surface area (Å²) in [4.78, 5) is 24.8. The van der Waals surface area contributed by atoms with Crippen molar-refractivity contribution < 1.29 is 27.1 Å². The average Bonchev–Trinajstić information content (AvgIpc) is 2.79. The lowest BCUT2D eigenvalue weighted by atomic mass is 9.97. The van der Waals surface area contributed by atoms with Crippen LogP contribution in [0.3, 0.4) is 0 Å². The fraction of sp³-hybridized carbons (Fsp3) is 0.364. The van der Waals surface area contributed by atoms with Crippen LogP contribution in [-0.2, 0) is 24.3 Å². The third-order valence-electron chi connectivity index (χ3n) is 5.32. The number of nitrogens with one attached hydrogen (secondary N) is 1. The second-order valence-electron chi connectivity index (χ2n) is 7.41. The van der Waals surface area contributed by atoms with Gasteiger partial charge >= 0.3 is 5.97 Å². The van der Waals surface area contributed by atoms with Crippen LogP contribution in [0.15, 0.2) is 59.5 Å². The Kier molecular flexibility index (Phi) is 7.40. The van der Waals surface area contributed by atoms with E-state index in [0.29, 0.717) is 12.8 Å². The molecule has 9 heteroatoms. The Morgan fingerprint density at radius 2 is 1.84 bits per heavy atom. The number of amides is 1. The van der Waals surface area contributed by atoms with Crippen molar-refractivity contribution in [2.75, 3.05) is 20.2 Å². The van der Waals surface area contributed by atoms with E-state index in [9.17, 15) is 22.4 Å². The summed E-state index contributed by atoms with van der Waals surface area (Å²) in [5.41, 5.74) is 0.757. The molecule has 1 aliphatic rings. The van der Waals surface area contributed by atoms with E-state index in [1.807, 2.05) is 18.2 Å². The number of nitrogens with zero attached hydrogens (tertiary/aromatic N) is 1. The van der Waals surface area contributed by atoms with E-state index in [4.69, 9.17) is 4.74 Å². The summed E-state index contributed by atoms with van der Waals surface area (Å²) < 4.78 is 45.0. The van der Waals surface area contributed by atoms with Gasteiger partial charge in [0.1, 0.15) is 5.82 Å². The molecule has 1 N–H and O–H groups in total. The predicted molar refractivity (Wildman–Crippen MR) is 112 cm³/mol. The largest absolute Gasteiger partial charge is 0.469 e. The van der Waals surface area contributed by atoms with E-state index in [-0.39, 0.29) is 30.3 Å². The number of carbonyl (C=O) groups is 2. The molecule has 1 aliphatic heterocycles. The van der Waals surface area contributed by atoms with Crippen LogP contribution in [-0.4, -0.2) is 44.8 Å². The van der Waals surface area contributed by atoms with Gasteiger partial charge in [-0.25, -0.2) is 12.8 Å². The van der Waals surface area contributed by atoms with Crippen LogP contribution < -0.4 is 5.32 Å². The second kappa shape index (κ2) is 10.0. The number of rotatable bonds is 7. The van der Waals surface area contributed by atoms with E-state index in [2.05, 4.69) is 5.32 Å². The first-order valence-electron chi connectivity index (χ1n) is 9.99. The fourth-order valence-corrected chi connectivity index (χ4v) is 5.13. The number of ether oxygens (including phenoxy) is 1. The zero-order valence-electron chi connectivity index (χ0n) is 17.2. The SMILES string of the molecule is COC(=O)CC(NC(=O)C1CCCN(S(=O)(=O)c2ccc(F)cc2)C1)c1ccccc1. The van der Waals surface area contributed by atoms with Gasteiger partial charge in [0, 0.05) is 13.1 Å². The van der Waals surface area contributed by atoms with E-state index in [1.165, 1.54) is 23.5 Å². The zero-order chi connectivity index (χ0) is 22.4. The smallest absolute Gasteiger partial charge is 0.307 e. The first-order chi connectivity index (χ1) is 14.8. The minimum atomic E-state index is -3.84. The molecule has 31 heavy (non-hydrogen) atoms. The normalized spacial score (nSPS) is 18.2. The highest BCUT2D eigenvalue weighted by atomic mass is 32.2. The van der Waals surface area contributed by atoms with E-state index >= 15 is 0 Å². The minimum absolute atomic E-state index is 0.0113. The van der Waals surface area contributed by atoms with Crippen molar-refractivity contribution in [1.29, 1.82) is 0 Å². The molecular weight excluding hydrogens is 423 g/mol. The van der Waals surface area contributed by atoms with Crippen LogP contribution in [0.2, 0.25) is 0 Å². The van der Waals surface area contributed by atoms with Crippen molar-refractivity contribution in [3.63, 3.8) is 0 Å². The Balaban J connectivity index is 1.73. The topological polar surface area (TPSA) is 92.8 Å². The molecular formula is C22H25FN2O5S. The van der Waals surface area contributed by atoms with Crippen molar-refractivity contribution in [3.8, 4) is 0 Å². The van der Waals surface area contributed by atoms with E-state index < -0.39 is 33.8 Å². The van der Waals surface area contributed by atoms with Crippen LogP contribution in [0, 0.1) is 11.7 Å². The van der Waals surface area contributed by atoms with Crippen LogP contribution in [0.25, 0.3) is 0 Å². The fourth-order valence-electron chi connectivity index (χ4n) is 3.61. The highest BCUT2D eigenvalue weighted by molar-refractivity contribution is 7.89. The van der Waals surface area contributed by atoms with Gasteiger partial charge in [-0.05, 0) is 42.7 Å². The Labute approximate surface area is 181 Å². The Morgan fingerprint density at radius 1 is 1.16 bits per heavy atom. The molecule has 0 aromatic heterocycles. The summed E-state index contributed by atoms with van der Waals surface area (Å²) in [5.74, 6) is -1.87. The molecule has 7 nitrogen and oxygen atoms in total. The highest BCUT2D eigenvalue weighted by Gasteiger charge is 2.34. The average molecular weight is 449 g/mol. The molecule has 2 aromatic rings. The van der Waals surface area contributed by atoms with Crippen LogP contribution in [0.5, 0.6) is 0 Å². The molecule has 2 aromatic carbocycles. The van der Waals surface area contributed by atoms with Gasteiger partial charge in [-0.2, -0.15) is 4.31 Å². The maximum Gasteiger partial charge on any atom is 0.307 e.